The van der Waals surface area contributed by atoms with E-state index in [2.05, 4.69) is 10.5 Å². The van der Waals surface area contributed by atoms with E-state index >= 15 is 0 Å². The van der Waals surface area contributed by atoms with E-state index in [9.17, 15) is 18.3 Å². The zero-order valence-corrected chi connectivity index (χ0v) is 20.8. The molecule has 0 heterocycles. The molecule has 0 bridgehead atoms. The van der Waals surface area contributed by atoms with Crippen LogP contribution in [0.2, 0.25) is 10.0 Å². The number of carbonyl (C=O) groups is 1. The normalized spacial score (nSPS) is 11.7. The summed E-state index contributed by atoms with van der Waals surface area (Å²) in [6, 6.07) is 17.6. The van der Waals surface area contributed by atoms with Crippen molar-refractivity contribution >= 4 is 51.0 Å². The number of hydrogen-bond donors (Lipinski definition) is 2. The van der Waals surface area contributed by atoms with Gasteiger partial charge in [0.25, 0.3) is 15.9 Å². The zero-order valence-electron chi connectivity index (χ0n) is 18.4. The summed E-state index contributed by atoms with van der Waals surface area (Å²) in [6.07, 6.45) is 1.17. The number of anilines is 1. The highest BCUT2D eigenvalue weighted by Crippen LogP contribution is 2.30. The Hall–Kier alpha value is -3.07. The molecule has 3 rings (SSSR count). The van der Waals surface area contributed by atoms with Crippen LogP contribution in [0.25, 0.3) is 0 Å². The summed E-state index contributed by atoms with van der Waals surface area (Å²) < 4.78 is 27.7. The second kappa shape index (κ2) is 10.9. The summed E-state index contributed by atoms with van der Waals surface area (Å²) in [6.45, 7) is 3.55. The van der Waals surface area contributed by atoms with E-state index in [4.69, 9.17) is 23.2 Å². The number of aromatic hydroxyl groups is 1. The number of rotatable bonds is 8. The molecule has 0 saturated heterocycles. The molecule has 0 radical (unpaired) electrons. The van der Waals surface area contributed by atoms with Gasteiger partial charge < -0.3 is 5.11 Å². The fourth-order valence-corrected chi connectivity index (χ4v) is 5.04. The molecule has 3 aromatic carbocycles. The molecule has 0 aromatic heterocycles. The number of carbonyl (C=O) groups excluding carboxylic acids is 1. The highest BCUT2D eigenvalue weighted by atomic mass is 35.5. The minimum atomic E-state index is -4.03. The highest BCUT2D eigenvalue weighted by molar-refractivity contribution is 7.92. The van der Waals surface area contributed by atoms with E-state index < -0.39 is 22.5 Å². The summed E-state index contributed by atoms with van der Waals surface area (Å²) in [4.78, 5) is 12.7. The van der Waals surface area contributed by atoms with E-state index in [1.54, 1.807) is 30.3 Å². The van der Waals surface area contributed by atoms with Gasteiger partial charge in [0.05, 0.1) is 21.8 Å². The molecule has 0 saturated carbocycles. The number of benzene rings is 3. The molecule has 0 aliphatic heterocycles. The number of phenols is 1. The number of amides is 1. The van der Waals surface area contributed by atoms with Crippen LogP contribution in [0, 0.1) is 0 Å². The van der Waals surface area contributed by atoms with Crippen LogP contribution in [-0.4, -0.2) is 32.2 Å². The van der Waals surface area contributed by atoms with Crippen molar-refractivity contribution < 1.29 is 18.3 Å². The lowest BCUT2D eigenvalue weighted by Crippen LogP contribution is -2.39. The van der Waals surface area contributed by atoms with E-state index in [-0.39, 0.29) is 32.2 Å². The van der Waals surface area contributed by atoms with Crippen LogP contribution in [0.15, 0.2) is 76.7 Å². The van der Waals surface area contributed by atoms with Crippen molar-refractivity contribution in [1.82, 2.24) is 5.43 Å². The molecule has 34 heavy (non-hydrogen) atoms. The SMILES string of the molecule is CC(C)c1ccc(N(CC(=O)NN=Cc2cc(Cl)cc(Cl)c2O)S(=O)(=O)c2ccccc2)cc1. The van der Waals surface area contributed by atoms with Gasteiger partial charge in [0.15, 0.2) is 0 Å². The average molecular weight is 520 g/mol. The maximum atomic E-state index is 13.3. The predicted molar refractivity (Wildman–Crippen MR) is 135 cm³/mol. The van der Waals surface area contributed by atoms with Gasteiger partial charge in [-0.3, -0.25) is 9.10 Å². The molecular formula is C24H23Cl2N3O4S. The predicted octanol–water partition coefficient (Wildman–Crippen LogP) is 5.17. The maximum absolute atomic E-state index is 13.3. The summed E-state index contributed by atoms with van der Waals surface area (Å²) in [5, 5.41) is 14.1. The Balaban J connectivity index is 1.86. The van der Waals surface area contributed by atoms with Crippen molar-refractivity contribution in [3.63, 3.8) is 0 Å². The van der Waals surface area contributed by atoms with Crippen LogP contribution >= 0.6 is 23.2 Å². The molecule has 1 amide bonds. The summed E-state index contributed by atoms with van der Waals surface area (Å²) >= 11 is 11.8. The van der Waals surface area contributed by atoms with Crippen LogP contribution in [0.5, 0.6) is 5.75 Å². The van der Waals surface area contributed by atoms with Gasteiger partial charge in [0.2, 0.25) is 0 Å². The van der Waals surface area contributed by atoms with Gasteiger partial charge in [-0.05, 0) is 47.9 Å². The lowest BCUT2D eigenvalue weighted by atomic mass is 10.0. The largest absolute Gasteiger partial charge is 0.506 e. The first kappa shape index (κ1) is 25.6. The Labute approximate surface area is 208 Å². The monoisotopic (exact) mass is 519 g/mol. The molecule has 0 aliphatic rings. The Bertz CT molecular complexity index is 1300. The molecule has 0 unspecified atom stereocenters. The third-order valence-corrected chi connectivity index (χ3v) is 7.21. The van der Waals surface area contributed by atoms with E-state index in [0.29, 0.717) is 5.69 Å². The summed E-state index contributed by atoms with van der Waals surface area (Å²) in [5.41, 5.74) is 3.84. The number of hydrazone groups is 1. The lowest BCUT2D eigenvalue weighted by molar-refractivity contribution is -0.119. The van der Waals surface area contributed by atoms with Crippen molar-refractivity contribution in [2.24, 2.45) is 5.10 Å². The highest BCUT2D eigenvalue weighted by Gasteiger charge is 2.27. The van der Waals surface area contributed by atoms with Gasteiger partial charge >= 0.3 is 0 Å². The zero-order chi connectivity index (χ0) is 24.9. The quantitative estimate of drug-likeness (QED) is 0.316. The van der Waals surface area contributed by atoms with Crippen LogP contribution < -0.4 is 9.73 Å². The average Bonchev–Trinajstić information content (AvgIpc) is 2.81. The third-order valence-electron chi connectivity index (χ3n) is 4.92. The molecule has 0 aliphatic carbocycles. The second-order valence-corrected chi connectivity index (χ2v) is 10.4. The van der Waals surface area contributed by atoms with Crippen molar-refractivity contribution in [3.8, 4) is 5.75 Å². The fraction of sp³-hybridized carbons (Fsp3) is 0.167. The maximum Gasteiger partial charge on any atom is 0.264 e. The lowest BCUT2D eigenvalue weighted by Gasteiger charge is -2.24. The van der Waals surface area contributed by atoms with Crippen molar-refractivity contribution in [3.05, 3.63) is 87.9 Å². The first-order valence-corrected chi connectivity index (χ1v) is 12.5. The van der Waals surface area contributed by atoms with Crippen LogP contribution in [0.3, 0.4) is 0 Å². The number of phenolic OH excluding ortho intramolecular Hbond substituents is 1. The van der Waals surface area contributed by atoms with Gasteiger partial charge in [-0.1, -0.05) is 67.4 Å². The minimum absolute atomic E-state index is 0.0326. The third kappa shape index (κ3) is 6.08. The Morgan fingerprint density at radius 2 is 1.74 bits per heavy atom. The molecule has 10 heteroatoms. The van der Waals surface area contributed by atoms with Crippen LogP contribution in [0.4, 0.5) is 5.69 Å². The van der Waals surface area contributed by atoms with Gasteiger partial charge in [0.1, 0.15) is 12.3 Å². The standard InChI is InChI=1S/C24H23Cl2N3O4S/c1-16(2)17-8-10-20(11-9-17)29(34(32,33)21-6-4-3-5-7-21)15-23(30)28-27-14-18-12-19(25)13-22(26)24(18)31/h3-14,16,31H,15H2,1-2H3,(H,28,30). The first-order chi connectivity index (χ1) is 16.1. The van der Waals surface area contributed by atoms with E-state index in [0.717, 1.165) is 9.87 Å². The van der Waals surface area contributed by atoms with Crippen LogP contribution in [0.1, 0.15) is 30.9 Å². The summed E-state index contributed by atoms with van der Waals surface area (Å²) in [7, 11) is -4.03. The molecule has 0 atom stereocenters. The number of sulfonamides is 1. The molecule has 0 spiro atoms. The van der Waals surface area contributed by atoms with E-state index in [1.807, 2.05) is 26.0 Å². The van der Waals surface area contributed by atoms with Crippen molar-refractivity contribution in [1.29, 1.82) is 0 Å². The Morgan fingerprint density at radius 3 is 2.35 bits per heavy atom. The molecule has 3 aromatic rings. The molecule has 7 nitrogen and oxygen atoms in total. The van der Waals surface area contributed by atoms with Gasteiger partial charge in [-0.15, -0.1) is 0 Å². The fourth-order valence-electron chi connectivity index (χ4n) is 3.08. The molecule has 2 N–H and O–H groups in total. The molecule has 178 valence electrons. The van der Waals surface area contributed by atoms with Gasteiger partial charge in [0, 0.05) is 10.6 Å². The van der Waals surface area contributed by atoms with Crippen LogP contribution in [-0.2, 0) is 14.8 Å². The number of nitrogens with zero attached hydrogens (tertiary/aromatic N) is 2. The van der Waals surface area contributed by atoms with Gasteiger partial charge in [-0.25, -0.2) is 13.8 Å². The summed E-state index contributed by atoms with van der Waals surface area (Å²) in [5.74, 6) is -0.666. The topological polar surface area (TPSA) is 99.1 Å². The number of nitrogens with one attached hydrogen (secondary N) is 1. The smallest absolute Gasteiger partial charge is 0.264 e. The number of halogens is 2. The minimum Gasteiger partial charge on any atom is -0.506 e. The van der Waals surface area contributed by atoms with E-state index in [1.165, 1.54) is 30.5 Å². The second-order valence-electron chi connectivity index (χ2n) is 7.69. The first-order valence-electron chi connectivity index (χ1n) is 10.3. The Morgan fingerprint density at radius 1 is 1.09 bits per heavy atom. The Kier molecular flexibility index (Phi) is 8.19. The van der Waals surface area contributed by atoms with Gasteiger partial charge in [-0.2, -0.15) is 5.10 Å². The van der Waals surface area contributed by atoms with Crippen molar-refractivity contribution in [2.45, 2.75) is 24.7 Å². The van der Waals surface area contributed by atoms with Crippen molar-refractivity contribution in [2.75, 3.05) is 10.8 Å². The number of hydrogen-bond acceptors (Lipinski definition) is 5. The molecule has 0 fully saturated rings. The molecular weight excluding hydrogens is 497 g/mol.